The summed E-state index contributed by atoms with van der Waals surface area (Å²) in [5.41, 5.74) is 1.31. The molecule has 0 aliphatic rings. The lowest BCUT2D eigenvalue weighted by atomic mass is 9.96. The minimum absolute atomic E-state index is 1.31. The number of rotatable bonds is 0. The molecule has 0 aromatic heterocycles. The van der Waals surface area contributed by atoms with Crippen molar-refractivity contribution in [3.63, 3.8) is 0 Å². The Kier molecular flexibility index (Phi) is 3.62. The van der Waals surface area contributed by atoms with Gasteiger partial charge in [-0.25, -0.2) is 0 Å². The second-order valence-corrected chi connectivity index (χ2v) is 5.17. The van der Waals surface area contributed by atoms with E-state index in [0.29, 0.717) is 0 Å². The normalized spacial score (nSPS) is 10.6. The van der Waals surface area contributed by atoms with Gasteiger partial charge in [-0.3, -0.25) is 0 Å². The van der Waals surface area contributed by atoms with Gasteiger partial charge in [0.15, 0.2) is 0 Å². The Labute approximate surface area is 126 Å². The highest BCUT2D eigenvalue weighted by molar-refractivity contribution is 6.17. The molecular formula is C21H20. The van der Waals surface area contributed by atoms with Crippen LogP contribution in [0.1, 0.15) is 19.4 Å². The number of aryl methyl sites for hydroxylation is 1. The van der Waals surface area contributed by atoms with E-state index in [1.807, 2.05) is 13.8 Å². The third kappa shape index (κ3) is 2.27. The Morgan fingerprint density at radius 3 is 1.86 bits per heavy atom. The minimum atomic E-state index is 1.31. The van der Waals surface area contributed by atoms with Crippen LogP contribution in [0.5, 0.6) is 0 Å². The smallest absolute Gasteiger partial charge is 0.00989 e. The van der Waals surface area contributed by atoms with Crippen LogP contribution >= 0.6 is 0 Å². The van der Waals surface area contributed by atoms with Crippen LogP contribution in [-0.2, 0) is 0 Å². The molecule has 0 fully saturated rings. The Bertz CT molecular complexity index is 917. The Balaban J connectivity index is 0.000000636. The minimum Gasteiger partial charge on any atom is -0.0683 e. The number of hydrogen-bond acceptors (Lipinski definition) is 0. The second-order valence-electron chi connectivity index (χ2n) is 5.17. The summed E-state index contributed by atoms with van der Waals surface area (Å²) in [6, 6.07) is 24.2. The summed E-state index contributed by atoms with van der Waals surface area (Å²) in [5.74, 6) is 0. The Hall–Kier alpha value is -2.34. The van der Waals surface area contributed by atoms with Crippen molar-refractivity contribution in [2.75, 3.05) is 0 Å². The van der Waals surface area contributed by atoms with E-state index < -0.39 is 0 Å². The van der Waals surface area contributed by atoms with Gasteiger partial charge in [-0.2, -0.15) is 0 Å². The molecule has 0 heteroatoms. The number of fused-ring (bicyclic) bond motifs is 5. The van der Waals surface area contributed by atoms with Crippen molar-refractivity contribution in [1.82, 2.24) is 0 Å². The van der Waals surface area contributed by atoms with Crippen LogP contribution in [0.4, 0.5) is 0 Å². The van der Waals surface area contributed by atoms with Crippen molar-refractivity contribution in [3.05, 3.63) is 72.3 Å². The lowest BCUT2D eigenvalue weighted by molar-refractivity contribution is 1.50. The van der Waals surface area contributed by atoms with Crippen molar-refractivity contribution in [2.45, 2.75) is 20.8 Å². The first-order valence-corrected chi connectivity index (χ1v) is 7.64. The van der Waals surface area contributed by atoms with Crippen LogP contribution in [0.2, 0.25) is 0 Å². The van der Waals surface area contributed by atoms with Crippen molar-refractivity contribution in [3.8, 4) is 0 Å². The van der Waals surface area contributed by atoms with Gasteiger partial charge in [0.2, 0.25) is 0 Å². The summed E-state index contributed by atoms with van der Waals surface area (Å²) in [7, 11) is 0. The van der Waals surface area contributed by atoms with Gasteiger partial charge in [0.25, 0.3) is 0 Å². The summed E-state index contributed by atoms with van der Waals surface area (Å²) >= 11 is 0. The van der Waals surface area contributed by atoms with Gasteiger partial charge in [-0.1, -0.05) is 86.1 Å². The van der Waals surface area contributed by atoms with E-state index in [4.69, 9.17) is 0 Å². The topological polar surface area (TPSA) is 0 Å². The van der Waals surface area contributed by atoms with E-state index in [-0.39, 0.29) is 0 Å². The fourth-order valence-corrected chi connectivity index (χ4v) is 2.93. The second kappa shape index (κ2) is 5.57. The van der Waals surface area contributed by atoms with Gasteiger partial charge < -0.3 is 0 Å². The molecule has 0 radical (unpaired) electrons. The molecule has 21 heavy (non-hydrogen) atoms. The molecule has 0 N–H and O–H groups in total. The van der Waals surface area contributed by atoms with E-state index in [1.165, 1.54) is 37.9 Å². The maximum atomic E-state index is 2.28. The highest BCUT2D eigenvalue weighted by Crippen LogP contribution is 2.31. The third-order valence-electron chi connectivity index (χ3n) is 3.90. The predicted molar refractivity (Wildman–Crippen MR) is 95.0 cm³/mol. The van der Waals surface area contributed by atoms with Crippen LogP contribution in [0.3, 0.4) is 0 Å². The highest BCUT2D eigenvalue weighted by atomic mass is 14.1. The Morgan fingerprint density at radius 2 is 1.10 bits per heavy atom. The maximum Gasteiger partial charge on any atom is -0.00989 e. The van der Waals surface area contributed by atoms with Crippen molar-refractivity contribution >= 4 is 32.3 Å². The molecule has 0 aliphatic carbocycles. The molecule has 0 atom stereocenters. The molecule has 0 aliphatic heterocycles. The lowest BCUT2D eigenvalue weighted by Crippen LogP contribution is -1.81. The molecule has 0 bridgehead atoms. The van der Waals surface area contributed by atoms with Gasteiger partial charge in [0, 0.05) is 0 Å². The van der Waals surface area contributed by atoms with Crippen LogP contribution in [-0.4, -0.2) is 0 Å². The maximum absolute atomic E-state index is 2.28. The SMILES string of the molecule is CC.Cc1ccc2ccc3c4ccccc4ccc3c2c1. The molecule has 4 rings (SSSR count). The summed E-state index contributed by atoms with van der Waals surface area (Å²) in [4.78, 5) is 0. The zero-order valence-corrected chi connectivity index (χ0v) is 12.9. The van der Waals surface area contributed by atoms with Crippen LogP contribution < -0.4 is 0 Å². The van der Waals surface area contributed by atoms with Gasteiger partial charge >= 0.3 is 0 Å². The molecule has 0 unspecified atom stereocenters. The van der Waals surface area contributed by atoms with Crippen molar-refractivity contribution < 1.29 is 0 Å². The molecule has 104 valence electrons. The summed E-state index contributed by atoms with van der Waals surface area (Å²) < 4.78 is 0. The molecule has 0 nitrogen and oxygen atoms in total. The number of benzene rings is 4. The first-order valence-electron chi connectivity index (χ1n) is 7.64. The van der Waals surface area contributed by atoms with Gasteiger partial charge in [-0.15, -0.1) is 0 Å². The Morgan fingerprint density at radius 1 is 0.524 bits per heavy atom. The van der Waals surface area contributed by atoms with E-state index in [9.17, 15) is 0 Å². The van der Waals surface area contributed by atoms with Crippen LogP contribution in [0, 0.1) is 6.92 Å². The van der Waals surface area contributed by atoms with Gasteiger partial charge in [0.1, 0.15) is 0 Å². The van der Waals surface area contributed by atoms with Crippen molar-refractivity contribution in [2.24, 2.45) is 0 Å². The van der Waals surface area contributed by atoms with Crippen molar-refractivity contribution in [1.29, 1.82) is 0 Å². The van der Waals surface area contributed by atoms with E-state index in [0.717, 1.165) is 0 Å². The summed E-state index contributed by atoms with van der Waals surface area (Å²) in [6.07, 6.45) is 0. The van der Waals surface area contributed by atoms with Crippen LogP contribution in [0.25, 0.3) is 32.3 Å². The largest absolute Gasteiger partial charge is 0.0683 e. The zero-order valence-electron chi connectivity index (χ0n) is 12.9. The molecular weight excluding hydrogens is 252 g/mol. The average molecular weight is 272 g/mol. The predicted octanol–water partition coefficient (Wildman–Crippen LogP) is 6.48. The molecule has 0 saturated heterocycles. The molecule has 0 heterocycles. The quantitative estimate of drug-likeness (QED) is 0.321. The molecule has 4 aromatic carbocycles. The highest BCUT2D eigenvalue weighted by Gasteiger charge is 2.04. The molecule has 0 saturated carbocycles. The first-order chi connectivity index (χ1) is 10.3. The fraction of sp³-hybridized carbons (Fsp3) is 0.143. The third-order valence-corrected chi connectivity index (χ3v) is 3.90. The van der Waals surface area contributed by atoms with E-state index >= 15 is 0 Å². The monoisotopic (exact) mass is 272 g/mol. The van der Waals surface area contributed by atoms with Gasteiger partial charge in [-0.05, 0) is 39.2 Å². The molecule has 0 spiro atoms. The van der Waals surface area contributed by atoms with Gasteiger partial charge in [0.05, 0.1) is 0 Å². The fourth-order valence-electron chi connectivity index (χ4n) is 2.93. The van der Waals surface area contributed by atoms with E-state index in [1.54, 1.807) is 0 Å². The molecule has 4 aromatic rings. The van der Waals surface area contributed by atoms with Crippen LogP contribution in [0.15, 0.2) is 66.7 Å². The summed E-state index contributed by atoms with van der Waals surface area (Å²) in [5, 5.41) is 8.00. The average Bonchev–Trinajstić information content (AvgIpc) is 2.56. The van der Waals surface area contributed by atoms with E-state index in [2.05, 4.69) is 73.7 Å². The standard InChI is InChI=1S/C19H14.C2H6/c1-13-6-7-15-9-10-17-16-5-3-2-4-14(16)8-11-18(17)19(15)12-13;1-2/h2-12H,1H3;1-2H3. The first kappa shape index (κ1) is 13.6. The number of hydrogen-bond donors (Lipinski definition) is 0. The zero-order chi connectivity index (χ0) is 14.8. The summed E-state index contributed by atoms with van der Waals surface area (Å²) in [6.45, 7) is 6.15. The molecule has 0 amide bonds. The lowest BCUT2D eigenvalue weighted by Gasteiger charge is -2.08.